The highest BCUT2D eigenvalue weighted by Crippen LogP contribution is 2.41. The van der Waals surface area contributed by atoms with Crippen molar-refractivity contribution in [1.29, 1.82) is 0 Å². The summed E-state index contributed by atoms with van der Waals surface area (Å²) in [5, 5.41) is 8.82. The number of methoxy groups -OCH3 is 2. The molecular weight excluding hydrogens is 132 g/mol. The number of aliphatic hydroxyl groups is 1. The van der Waals surface area contributed by atoms with Gasteiger partial charge in [-0.3, -0.25) is 0 Å². The van der Waals surface area contributed by atoms with Gasteiger partial charge >= 0.3 is 0 Å². The van der Waals surface area contributed by atoms with Gasteiger partial charge in [0.15, 0.2) is 5.79 Å². The number of aliphatic hydroxyl groups excluding tert-OH is 1. The van der Waals surface area contributed by atoms with Gasteiger partial charge in [0.25, 0.3) is 0 Å². The van der Waals surface area contributed by atoms with Crippen LogP contribution in [0.25, 0.3) is 0 Å². The summed E-state index contributed by atoms with van der Waals surface area (Å²) in [7, 11) is 3.23. The van der Waals surface area contributed by atoms with E-state index in [1.54, 1.807) is 14.2 Å². The average Bonchev–Trinajstić information content (AvgIpc) is 1.90. The zero-order valence-electron chi connectivity index (χ0n) is 6.46. The van der Waals surface area contributed by atoms with Crippen LogP contribution in [0.2, 0.25) is 0 Å². The van der Waals surface area contributed by atoms with Crippen LogP contribution in [0.3, 0.4) is 0 Å². The van der Waals surface area contributed by atoms with Crippen molar-refractivity contribution in [2.45, 2.75) is 18.6 Å². The minimum Gasteiger partial charge on any atom is -0.396 e. The molecule has 0 unspecified atom stereocenters. The SMILES string of the molecule is COC1(OC)CC[C@H]1CO. The van der Waals surface area contributed by atoms with Crippen molar-refractivity contribution in [1.82, 2.24) is 0 Å². The minimum atomic E-state index is -0.477. The van der Waals surface area contributed by atoms with Gasteiger partial charge < -0.3 is 14.6 Å². The Balaban J connectivity index is 2.48. The molecule has 0 aromatic heterocycles. The van der Waals surface area contributed by atoms with Gasteiger partial charge in [-0.2, -0.15) is 0 Å². The first-order chi connectivity index (χ1) is 4.79. The Labute approximate surface area is 60.9 Å². The van der Waals surface area contributed by atoms with Crippen molar-refractivity contribution < 1.29 is 14.6 Å². The van der Waals surface area contributed by atoms with Crippen LogP contribution in [-0.2, 0) is 9.47 Å². The van der Waals surface area contributed by atoms with E-state index in [1.165, 1.54) is 0 Å². The molecule has 1 rings (SSSR count). The Kier molecular flexibility index (Phi) is 2.28. The first-order valence-corrected chi connectivity index (χ1v) is 3.50. The van der Waals surface area contributed by atoms with Crippen LogP contribution in [0.4, 0.5) is 0 Å². The van der Waals surface area contributed by atoms with E-state index < -0.39 is 5.79 Å². The molecule has 1 atom stereocenters. The molecule has 0 aliphatic heterocycles. The monoisotopic (exact) mass is 146 g/mol. The molecule has 0 saturated heterocycles. The summed E-state index contributed by atoms with van der Waals surface area (Å²) in [6.07, 6.45) is 1.89. The van der Waals surface area contributed by atoms with Crippen LogP contribution in [0.15, 0.2) is 0 Å². The zero-order valence-corrected chi connectivity index (χ0v) is 6.46. The lowest BCUT2D eigenvalue weighted by atomic mass is 9.78. The molecular formula is C7H14O3. The van der Waals surface area contributed by atoms with Gasteiger partial charge in [-0.1, -0.05) is 0 Å². The summed E-state index contributed by atoms with van der Waals surface area (Å²) in [4.78, 5) is 0. The van der Waals surface area contributed by atoms with Crippen LogP contribution in [-0.4, -0.2) is 31.7 Å². The van der Waals surface area contributed by atoms with E-state index in [2.05, 4.69) is 0 Å². The maximum atomic E-state index is 8.82. The molecule has 3 heteroatoms. The Morgan fingerprint density at radius 2 is 2.10 bits per heavy atom. The van der Waals surface area contributed by atoms with E-state index in [-0.39, 0.29) is 12.5 Å². The summed E-state index contributed by atoms with van der Waals surface area (Å²) in [5.41, 5.74) is 0. The van der Waals surface area contributed by atoms with Gasteiger partial charge in [-0.15, -0.1) is 0 Å². The molecule has 0 heterocycles. The molecule has 1 aliphatic carbocycles. The minimum absolute atomic E-state index is 0.154. The first kappa shape index (κ1) is 7.98. The van der Waals surface area contributed by atoms with Crippen molar-refractivity contribution in [2.75, 3.05) is 20.8 Å². The van der Waals surface area contributed by atoms with Crippen molar-refractivity contribution in [3.8, 4) is 0 Å². The van der Waals surface area contributed by atoms with Crippen molar-refractivity contribution in [3.05, 3.63) is 0 Å². The van der Waals surface area contributed by atoms with Crippen LogP contribution in [0, 0.1) is 5.92 Å². The molecule has 0 aromatic carbocycles. The normalized spacial score (nSPS) is 29.7. The molecule has 0 amide bonds. The quantitative estimate of drug-likeness (QED) is 0.585. The fraction of sp³-hybridized carbons (Fsp3) is 1.00. The summed E-state index contributed by atoms with van der Waals surface area (Å²) in [5.74, 6) is -0.308. The Morgan fingerprint density at radius 3 is 2.20 bits per heavy atom. The van der Waals surface area contributed by atoms with E-state index in [0.717, 1.165) is 12.8 Å². The van der Waals surface area contributed by atoms with Crippen LogP contribution >= 0.6 is 0 Å². The molecule has 1 saturated carbocycles. The third-order valence-corrected chi connectivity index (χ3v) is 2.37. The van der Waals surface area contributed by atoms with Gasteiger partial charge in [0.2, 0.25) is 0 Å². The first-order valence-electron chi connectivity index (χ1n) is 3.50. The van der Waals surface area contributed by atoms with Gasteiger partial charge in [0.1, 0.15) is 0 Å². The van der Waals surface area contributed by atoms with Crippen molar-refractivity contribution >= 4 is 0 Å². The smallest absolute Gasteiger partial charge is 0.172 e. The molecule has 1 fully saturated rings. The maximum Gasteiger partial charge on any atom is 0.172 e. The van der Waals surface area contributed by atoms with E-state index >= 15 is 0 Å². The van der Waals surface area contributed by atoms with E-state index in [9.17, 15) is 0 Å². The summed E-state index contributed by atoms with van der Waals surface area (Å²) in [6, 6.07) is 0. The summed E-state index contributed by atoms with van der Waals surface area (Å²) < 4.78 is 10.3. The predicted octanol–water partition coefficient (Wildman–Crippen LogP) is 0.378. The Hall–Kier alpha value is -0.120. The number of ether oxygens (including phenoxy) is 2. The van der Waals surface area contributed by atoms with Crippen LogP contribution in [0.5, 0.6) is 0 Å². The lowest BCUT2D eigenvalue weighted by Gasteiger charge is -2.45. The fourth-order valence-electron chi connectivity index (χ4n) is 1.44. The van der Waals surface area contributed by atoms with Crippen LogP contribution in [0.1, 0.15) is 12.8 Å². The lowest BCUT2D eigenvalue weighted by Crippen LogP contribution is -2.51. The molecule has 1 N–H and O–H groups in total. The van der Waals surface area contributed by atoms with Gasteiger partial charge in [0, 0.05) is 26.6 Å². The summed E-state index contributed by atoms with van der Waals surface area (Å²) in [6.45, 7) is 0.154. The highest BCUT2D eigenvalue weighted by molar-refractivity contribution is 4.89. The molecule has 0 spiro atoms. The van der Waals surface area contributed by atoms with Crippen molar-refractivity contribution in [3.63, 3.8) is 0 Å². The average molecular weight is 146 g/mol. The fourth-order valence-corrected chi connectivity index (χ4v) is 1.44. The maximum absolute atomic E-state index is 8.82. The molecule has 60 valence electrons. The Bertz CT molecular complexity index is 102. The molecule has 10 heavy (non-hydrogen) atoms. The molecule has 1 aliphatic rings. The van der Waals surface area contributed by atoms with Gasteiger partial charge in [-0.25, -0.2) is 0 Å². The van der Waals surface area contributed by atoms with Crippen LogP contribution < -0.4 is 0 Å². The molecule has 0 radical (unpaired) electrons. The third kappa shape index (κ3) is 0.944. The second-order valence-corrected chi connectivity index (χ2v) is 2.64. The second kappa shape index (κ2) is 2.86. The van der Waals surface area contributed by atoms with Crippen molar-refractivity contribution in [2.24, 2.45) is 5.92 Å². The largest absolute Gasteiger partial charge is 0.396 e. The molecule has 3 nitrogen and oxygen atoms in total. The lowest BCUT2D eigenvalue weighted by molar-refractivity contribution is -0.292. The number of rotatable bonds is 3. The predicted molar refractivity (Wildman–Crippen MR) is 36.6 cm³/mol. The summed E-state index contributed by atoms with van der Waals surface area (Å²) >= 11 is 0. The van der Waals surface area contributed by atoms with E-state index in [4.69, 9.17) is 14.6 Å². The number of hydrogen-bond acceptors (Lipinski definition) is 3. The topological polar surface area (TPSA) is 38.7 Å². The second-order valence-electron chi connectivity index (χ2n) is 2.64. The van der Waals surface area contributed by atoms with Gasteiger partial charge in [0.05, 0.1) is 6.61 Å². The van der Waals surface area contributed by atoms with E-state index in [1.807, 2.05) is 0 Å². The Morgan fingerprint density at radius 1 is 1.50 bits per heavy atom. The zero-order chi connectivity index (χ0) is 7.61. The third-order valence-electron chi connectivity index (χ3n) is 2.37. The highest BCUT2D eigenvalue weighted by Gasteiger charge is 2.47. The highest BCUT2D eigenvalue weighted by atomic mass is 16.7. The standard InChI is InChI=1S/C7H14O3/c1-9-7(10-2)4-3-6(7)5-8/h6,8H,3-5H2,1-2H3/t6-/m0/s1. The molecule has 0 aromatic rings. The van der Waals surface area contributed by atoms with Gasteiger partial charge in [-0.05, 0) is 6.42 Å². The molecule has 0 bridgehead atoms. The van der Waals surface area contributed by atoms with E-state index in [0.29, 0.717) is 0 Å². The number of hydrogen-bond donors (Lipinski definition) is 1.